The van der Waals surface area contributed by atoms with Crippen molar-refractivity contribution in [3.63, 3.8) is 0 Å². The molecule has 0 bridgehead atoms. The van der Waals surface area contributed by atoms with E-state index < -0.39 is 0 Å². The van der Waals surface area contributed by atoms with Crippen LogP contribution in [0.1, 0.15) is 43.4 Å². The van der Waals surface area contributed by atoms with Crippen LogP contribution in [0.4, 0.5) is 0 Å². The molecule has 1 saturated heterocycles. The minimum absolute atomic E-state index is 0.552. The minimum atomic E-state index is 0.552. The summed E-state index contributed by atoms with van der Waals surface area (Å²) >= 11 is 0. The first kappa shape index (κ1) is 13.1. The first-order chi connectivity index (χ1) is 9.14. The van der Waals surface area contributed by atoms with Crippen molar-refractivity contribution in [3.8, 4) is 0 Å². The third-order valence-corrected chi connectivity index (χ3v) is 4.84. The molecule has 2 nitrogen and oxygen atoms in total. The third kappa shape index (κ3) is 3.01. The van der Waals surface area contributed by atoms with Crippen LogP contribution in [0.2, 0.25) is 0 Å². The van der Waals surface area contributed by atoms with Gasteiger partial charge in [-0.3, -0.25) is 4.90 Å². The molecular formula is C17H26N2. The molecule has 2 aliphatic heterocycles. The van der Waals surface area contributed by atoms with Gasteiger partial charge in [0.05, 0.1) is 0 Å². The summed E-state index contributed by atoms with van der Waals surface area (Å²) in [6.07, 6.45) is 3.87. The summed E-state index contributed by atoms with van der Waals surface area (Å²) in [5.74, 6) is 0. The van der Waals surface area contributed by atoms with Gasteiger partial charge in [0.25, 0.3) is 0 Å². The Balaban J connectivity index is 1.70. The van der Waals surface area contributed by atoms with Crippen LogP contribution < -0.4 is 5.32 Å². The van der Waals surface area contributed by atoms with Gasteiger partial charge in [0.1, 0.15) is 0 Å². The maximum atomic E-state index is 3.47. The normalized spacial score (nSPS) is 23.1. The van der Waals surface area contributed by atoms with E-state index in [0.717, 1.165) is 19.6 Å². The lowest BCUT2D eigenvalue weighted by atomic mass is 9.82. The third-order valence-electron chi connectivity index (χ3n) is 4.84. The van der Waals surface area contributed by atoms with Crippen molar-refractivity contribution in [2.24, 2.45) is 5.41 Å². The Bertz CT molecular complexity index is 441. The van der Waals surface area contributed by atoms with Gasteiger partial charge < -0.3 is 5.32 Å². The van der Waals surface area contributed by atoms with E-state index >= 15 is 0 Å². The van der Waals surface area contributed by atoms with E-state index in [1.165, 1.54) is 37.9 Å². The molecule has 0 aromatic heterocycles. The molecule has 0 saturated carbocycles. The molecule has 0 radical (unpaired) electrons. The fourth-order valence-corrected chi connectivity index (χ4v) is 3.32. The van der Waals surface area contributed by atoms with Gasteiger partial charge in [-0.1, -0.05) is 32.0 Å². The van der Waals surface area contributed by atoms with E-state index in [2.05, 4.69) is 42.3 Å². The highest BCUT2D eigenvalue weighted by molar-refractivity contribution is 5.37. The molecule has 0 amide bonds. The maximum absolute atomic E-state index is 3.47. The zero-order valence-electron chi connectivity index (χ0n) is 12.3. The van der Waals surface area contributed by atoms with E-state index in [1.54, 1.807) is 11.1 Å². The van der Waals surface area contributed by atoms with Gasteiger partial charge in [-0.05, 0) is 61.0 Å². The van der Waals surface area contributed by atoms with Crippen molar-refractivity contribution in [3.05, 3.63) is 34.9 Å². The number of hydrogen-bond acceptors (Lipinski definition) is 2. The van der Waals surface area contributed by atoms with E-state index in [9.17, 15) is 0 Å². The molecule has 0 atom stereocenters. The van der Waals surface area contributed by atoms with Gasteiger partial charge in [-0.15, -0.1) is 0 Å². The molecule has 1 N–H and O–H groups in total. The molecule has 1 fully saturated rings. The lowest BCUT2D eigenvalue weighted by molar-refractivity contribution is 0.126. The number of likely N-dealkylation sites (tertiary alicyclic amines) is 1. The smallest absolute Gasteiger partial charge is 0.0236 e. The average molecular weight is 258 g/mol. The maximum Gasteiger partial charge on any atom is 0.0236 e. The van der Waals surface area contributed by atoms with Crippen LogP contribution in [0.25, 0.3) is 0 Å². The highest BCUT2D eigenvalue weighted by Crippen LogP contribution is 2.31. The highest BCUT2D eigenvalue weighted by atomic mass is 15.1. The second-order valence-electron chi connectivity index (χ2n) is 6.92. The topological polar surface area (TPSA) is 15.3 Å². The van der Waals surface area contributed by atoms with Crippen LogP contribution in [-0.2, 0) is 19.5 Å². The summed E-state index contributed by atoms with van der Waals surface area (Å²) in [6, 6.07) is 6.85. The van der Waals surface area contributed by atoms with Crippen molar-refractivity contribution in [2.45, 2.75) is 46.2 Å². The van der Waals surface area contributed by atoms with E-state index in [0.29, 0.717) is 5.41 Å². The zero-order valence-corrected chi connectivity index (χ0v) is 12.3. The van der Waals surface area contributed by atoms with Crippen LogP contribution in [0, 0.1) is 5.41 Å². The summed E-state index contributed by atoms with van der Waals surface area (Å²) < 4.78 is 0. The molecule has 2 aliphatic rings. The first-order valence-electron chi connectivity index (χ1n) is 7.67. The number of piperidine rings is 1. The van der Waals surface area contributed by atoms with Crippen LogP contribution in [-0.4, -0.2) is 24.5 Å². The van der Waals surface area contributed by atoms with Gasteiger partial charge in [0.15, 0.2) is 0 Å². The van der Waals surface area contributed by atoms with E-state index in [1.807, 2.05) is 0 Å². The van der Waals surface area contributed by atoms with Crippen molar-refractivity contribution >= 4 is 0 Å². The van der Waals surface area contributed by atoms with Crippen molar-refractivity contribution < 1.29 is 0 Å². The lowest BCUT2D eigenvalue weighted by Gasteiger charge is -2.37. The Labute approximate surface area is 117 Å². The van der Waals surface area contributed by atoms with Crippen molar-refractivity contribution in [1.29, 1.82) is 0 Å². The predicted octanol–water partition coefficient (Wildman–Crippen LogP) is 2.95. The molecule has 2 heterocycles. The van der Waals surface area contributed by atoms with Crippen LogP contribution >= 0.6 is 0 Å². The summed E-state index contributed by atoms with van der Waals surface area (Å²) in [6.45, 7) is 10.7. The Morgan fingerprint density at radius 2 is 2.00 bits per heavy atom. The van der Waals surface area contributed by atoms with Crippen molar-refractivity contribution in [1.82, 2.24) is 10.2 Å². The van der Waals surface area contributed by atoms with Gasteiger partial charge in [-0.2, -0.15) is 0 Å². The Morgan fingerprint density at radius 1 is 1.21 bits per heavy atom. The molecule has 0 spiro atoms. The molecule has 104 valence electrons. The van der Waals surface area contributed by atoms with Crippen molar-refractivity contribution in [2.75, 3.05) is 19.6 Å². The number of rotatable bonds is 2. The molecule has 3 rings (SSSR count). The average Bonchev–Trinajstić information content (AvgIpc) is 2.42. The largest absolute Gasteiger partial charge is 0.312 e. The van der Waals surface area contributed by atoms with Crippen LogP contribution in [0.3, 0.4) is 0 Å². The Hall–Kier alpha value is -0.860. The number of hydrogen-bond donors (Lipinski definition) is 1. The van der Waals surface area contributed by atoms with Gasteiger partial charge in [0.2, 0.25) is 0 Å². The molecule has 2 heteroatoms. The second kappa shape index (κ2) is 5.26. The highest BCUT2D eigenvalue weighted by Gasteiger charge is 2.25. The molecule has 0 aliphatic carbocycles. The van der Waals surface area contributed by atoms with Gasteiger partial charge in [-0.25, -0.2) is 0 Å². The lowest BCUT2D eigenvalue weighted by Crippen LogP contribution is -2.37. The number of nitrogens with one attached hydrogen (secondary N) is 1. The number of benzene rings is 1. The number of fused-ring (bicyclic) bond motifs is 1. The molecule has 1 aromatic carbocycles. The van der Waals surface area contributed by atoms with Gasteiger partial charge >= 0.3 is 0 Å². The molecule has 1 aromatic rings. The monoisotopic (exact) mass is 258 g/mol. The summed E-state index contributed by atoms with van der Waals surface area (Å²) in [4.78, 5) is 2.64. The minimum Gasteiger partial charge on any atom is -0.312 e. The van der Waals surface area contributed by atoms with Crippen LogP contribution in [0.5, 0.6) is 0 Å². The van der Waals surface area contributed by atoms with E-state index in [4.69, 9.17) is 0 Å². The number of nitrogens with zero attached hydrogens (tertiary/aromatic N) is 1. The quantitative estimate of drug-likeness (QED) is 0.877. The zero-order chi connectivity index (χ0) is 13.3. The Kier molecular flexibility index (Phi) is 3.64. The summed E-state index contributed by atoms with van der Waals surface area (Å²) in [5.41, 5.74) is 5.25. The molecular weight excluding hydrogens is 232 g/mol. The predicted molar refractivity (Wildman–Crippen MR) is 80.1 cm³/mol. The second-order valence-corrected chi connectivity index (χ2v) is 6.92. The fourth-order valence-electron chi connectivity index (χ4n) is 3.32. The Morgan fingerprint density at radius 3 is 2.79 bits per heavy atom. The standard InChI is InChI=1S/C17H26N2/c1-17(2)7-10-19(11-8-17)13-15-5-3-4-14-12-18-9-6-16(14)15/h3-5,18H,6-13H2,1-2H3. The molecule has 19 heavy (non-hydrogen) atoms. The van der Waals surface area contributed by atoms with E-state index in [-0.39, 0.29) is 0 Å². The summed E-state index contributed by atoms with van der Waals surface area (Å²) in [7, 11) is 0. The van der Waals surface area contributed by atoms with Crippen LogP contribution in [0.15, 0.2) is 18.2 Å². The summed E-state index contributed by atoms with van der Waals surface area (Å²) in [5, 5.41) is 3.47. The fraction of sp³-hybridized carbons (Fsp3) is 0.647. The SMILES string of the molecule is CC1(C)CCN(Cc2cccc3c2CCNC3)CC1. The first-order valence-corrected chi connectivity index (χ1v) is 7.67. The molecule has 0 unspecified atom stereocenters. The van der Waals surface area contributed by atoms with Gasteiger partial charge in [0, 0.05) is 13.1 Å².